The normalized spacial score (nSPS) is 37.5. The molecule has 3 aliphatic carbocycles. The zero-order chi connectivity index (χ0) is 25.4. The zero-order valence-electron chi connectivity index (χ0n) is 21.2. The summed E-state index contributed by atoms with van der Waals surface area (Å²) in [4.78, 5) is 12.2. The molecule has 3 aliphatic rings. The first kappa shape index (κ1) is 27.1. The lowest BCUT2D eigenvalue weighted by Gasteiger charge is -2.45. The monoisotopic (exact) mass is 476 g/mol. The van der Waals surface area contributed by atoms with Crippen molar-refractivity contribution in [2.24, 2.45) is 29.1 Å². The quantitative estimate of drug-likeness (QED) is 0.379. The van der Waals surface area contributed by atoms with Crippen molar-refractivity contribution < 1.29 is 30.3 Å². The fourth-order valence-electron chi connectivity index (χ4n) is 6.96. The van der Waals surface area contributed by atoms with Crippen LogP contribution in [-0.4, -0.2) is 55.4 Å². The third kappa shape index (κ3) is 5.51. The van der Waals surface area contributed by atoms with E-state index < -0.39 is 35.8 Å². The van der Waals surface area contributed by atoms with Gasteiger partial charge >= 0.3 is 5.97 Å². The standard InChI is InChI=1S/C28H44O6/c1-16-19(13-20(29)14-24(16)30)9-8-18-7-6-12-28(5)22(10-11-23(18)28)17(2)21(26(32)33)15-25(31)27(3,4)34/h8-9,17,20-25,29-31,34H,1,6-7,10-15H2,2-5H3,(H,32,33)/b18-8+,19-9-/t17-,20-,21?,22-,23+,24+,25?,28-/m1/s1. The van der Waals surface area contributed by atoms with Gasteiger partial charge in [-0.05, 0) is 93.1 Å². The van der Waals surface area contributed by atoms with Gasteiger partial charge in [0.05, 0.1) is 29.8 Å². The van der Waals surface area contributed by atoms with Gasteiger partial charge in [-0.2, -0.15) is 0 Å². The Bertz CT molecular complexity index is 836. The molecule has 0 saturated heterocycles. The lowest BCUT2D eigenvalue weighted by molar-refractivity contribution is -0.148. The van der Waals surface area contributed by atoms with E-state index in [4.69, 9.17) is 0 Å². The molecular weight excluding hydrogens is 432 g/mol. The van der Waals surface area contributed by atoms with Crippen LogP contribution in [0.1, 0.15) is 79.1 Å². The van der Waals surface area contributed by atoms with E-state index in [0.29, 0.717) is 24.3 Å². The molecule has 0 aliphatic heterocycles. The van der Waals surface area contributed by atoms with Crippen molar-refractivity contribution in [3.8, 4) is 0 Å². The third-order valence-corrected chi connectivity index (χ3v) is 9.18. The van der Waals surface area contributed by atoms with Gasteiger partial charge < -0.3 is 25.5 Å². The van der Waals surface area contributed by atoms with Gasteiger partial charge in [0, 0.05) is 6.42 Å². The van der Waals surface area contributed by atoms with Crippen molar-refractivity contribution in [3.05, 3.63) is 35.5 Å². The maximum atomic E-state index is 12.2. The average molecular weight is 477 g/mol. The van der Waals surface area contributed by atoms with Crippen molar-refractivity contribution >= 4 is 5.97 Å². The van der Waals surface area contributed by atoms with Crippen LogP contribution in [0.25, 0.3) is 0 Å². The molecule has 8 atom stereocenters. The molecule has 0 aromatic carbocycles. The molecule has 5 N–H and O–H groups in total. The SMILES string of the molecule is C=C1/C(=C\C=C2/CCC[C@]3(C)[C@@H]([C@H](C)C(CC(O)C(C)(C)O)C(=O)O)CC[C@@H]23)C[C@@H](O)C[C@@H]1O. The Morgan fingerprint density at radius 3 is 2.56 bits per heavy atom. The first-order valence-electron chi connectivity index (χ1n) is 12.8. The Labute approximate surface area is 204 Å². The second kappa shape index (κ2) is 10.3. The summed E-state index contributed by atoms with van der Waals surface area (Å²) in [5.74, 6) is -1.16. The molecule has 0 bridgehead atoms. The maximum absolute atomic E-state index is 12.2. The van der Waals surface area contributed by atoms with E-state index in [0.717, 1.165) is 37.7 Å². The largest absolute Gasteiger partial charge is 0.481 e. The number of aliphatic hydroxyl groups excluding tert-OH is 3. The molecule has 0 radical (unpaired) electrons. The Hall–Kier alpha value is -1.47. The van der Waals surface area contributed by atoms with E-state index in [-0.39, 0.29) is 23.7 Å². The number of carboxylic acids is 1. The van der Waals surface area contributed by atoms with Gasteiger partial charge in [0.25, 0.3) is 0 Å². The van der Waals surface area contributed by atoms with E-state index in [9.17, 15) is 30.3 Å². The number of carbonyl (C=O) groups is 1. The highest BCUT2D eigenvalue weighted by molar-refractivity contribution is 5.70. The molecule has 0 heterocycles. The van der Waals surface area contributed by atoms with Crippen molar-refractivity contribution in [3.63, 3.8) is 0 Å². The van der Waals surface area contributed by atoms with Gasteiger partial charge in [-0.3, -0.25) is 4.79 Å². The van der Waals surface area contributed by atoms with Gasteiger partial charge in [-0.25, -0.2) is 0 Å². The highest BCUT2D eigenvalue weighted by Crippen LogP contribution is 2.60. The molecule has 0 aromatic rings. The molecule has 6 heteroatoms. The second-order valence-corrected chi connectivity index (χ2v) is 11.9. The van der Waals surface area contributed by atoms with Crippen LogP contribution in [0.3, 0.4) is 0 Å². The molecule has 3 rings (SSSR count). The van der Waals surface area contributed by atoms with Gasteiger partial charge in [0.1, 0.15) is 0 Å². The number of aliphatic carboxylic acids is 1. The minimum Gasteiger partial charge on any atom is -0.481 e. The number of allylic oxidation sites excluding steroid dienone is 3. The molecule has 0 amide bonds. The third-order valence-electron chi connectivity index (χ3n) is 9.18. The van der Waals surface area contributed by atoms with Crippen molar-refractivity contribution in [2.45, 2.75) is 103 Å². The highest BCUT2D eigenvalue weighted by Gasteiger charge is 2.52. The summed E-state index contributed by atoms with van der Waals surface area (Å²) >= 11 is 0. The zero-order valence-corrected chi connectivity index (χ0v) is 21.2. The molecule has 0 spiro atoms. The first-order valence-corrected chi connectivity index (χ1v) is 12.8. The predicted octanol–water partition coefficient (Wildman–Crippen LogP) is 3.99. The summed E-state index contributed by atoms with van der Waals surface area (Å²) in [6, 6.07) is 0. The lowest BCUT2D eigenvalue weighted by Crippen LogP contribution is -2.43. The van der Waals surface area contributed by atoms with Crippen LogP contribution in [0.15, 0.2) is 35.5 Å². The highest BCUT2D eigenvalue weighted by atomic mass is 16.4. The van der Waals surface area contributed by atoms with Crippen molar-refractivity contribution in [2.75, 3.05) is 0 Å². The number of rotatable bonds is 7. The van der Waals surface area contributed by atoms with Gasteiger partial charge in [-0.1, -0.05) is 38.2 Å². The topological polar surface area (TPSA) is 118 Å². The van der Waals surface area contributed by atoms with Crippen LogP contribution in [-0.2, 0) is 4.79 Å². The van der Waals surface area contributed by atoms with Gasteiger partial charge in [0.15, 0.2) is 0 Å². The fraction of sp³-hybridized carbons (Fsp3) is 0.750. The number of hydrogen-bond donors (Lipinski definition) is 5. The summed E-state index contributed by atoms with van der Waals surface area (Å²) in [6.45, 7) is 11.3. The van der Waals surface area contributed by atoms with Crippen LogP contribution < -0.4 is 0 Å². The molecule has 3 saturated carbocycles. The fourth-order valence-corrected chi connectivity index (χ4v) is 6.96. The minimum atomic E-state index is -1.34. The second-order valence-electron chi connectivity index (χ2n) is 11.9. The Kier molecular flexibility index (Phi) is 8.18. The molecule has 6 nitrogen and oxygen atoms in total. The number of aliphatic hydroxyl groups is 4. The van der Waals surface area contributed by atoms with Crippen LogP contribution >= 0.6 is 0 Å². The van der Waals surface area contributed by atoms with Gasteiger partial charge in [0.2, 0.25) is 0 Å². The lowest BCUT2D eigenvalue weighted by atomic mass is 9.59. The molecule has 3 fully saturated rings. The smallest absolute Gasteiger partial charge is 0.306 e. The number of fused-ring (bicyclic) bond motifs is 1. The molecule has 34 heavy (non-hydrogen) atoms. The summed E-state index contributed by atoms with van der Waals surface area (Å²) in [5, 5.41) is 50.8. The Balaban J connectivity index is 1.81. The summed E-state index contributed by atoms with van der Waals surface area (Å²) < 4.78 is 0. The van der Waals surface area contributed by atoms with Crippen LogP contribution in [0.5, 0.6) is 0 Å². The number of carboxylic acid groups (broad SMARTS) is 1. The average Bonchev–Trinajstić information content (AvgIpc) is 3.09. The minimum absolute atomic E-state index is 0.0159. The van der Waals surface area contributed by atoms with Crippen molar-refractivity contribution in [1.29, 1.82) is 0 Å². The summed E-state index contributed by atoms with van der Waals surface area (Å²) in [6.07, 6.45) is 7.76. The summed E-state index contributed by atoms with van der Waals surface area (Å²) in [7, 11) is 0. The first-order chi connectivity index (χ1) is 15.8. The predicted molar refractivity (Wildman–Crippen MR) is 132 cm³/mol. The van der Waals surface area contributed by atoms with E-state index in [1.807, 2.05) is 13.0 Å². The number of hydrogen-bond acceptors (Lipinski definition) is 5. The van der Waals surface area contributed by atoms with E-state index in [1.54, 1.807) is 0 Å². The maximum Gasteiger partial charge on any atom is 0.306 e. The Morgan fingerprint density at radius 2 is 1.94 bits per heavy atom. The molecular formula is C28H44O6. The molecule has 2 unspecified atom stereocenters. The molecule has 0 aromatic heterocycles. The van der Waals surface area contributed by atoms with Crippen LogP contribution in [0, 0.1) is 29.1 Å². The molecule has 192 valence electrons. The van der Waals surface area contributed by atoms with E-state index in [1.165, 1.54) is 19.4 Å². The van der Waals surface area contributed by atoms with Crippen LogP contribution in [0.2, 0.25) is 0 Å². The Morgan fingerprint density at radius 1 is 1.26 bits per heavy atom. The van der Waals surface area contributed by atoms with Crippen molar-refractivity contribution in [1.82, 2.24) is 0 Å². The van der Waals surface area contributed by atoms with Crippen LogP contribution in [0.4, 0.5) is 0 Å². The van der Waals surface area contributed by atoms with E-state index in [2.05, 4.69) is 19.6 Å². The summed E-state index contributed by atoms with van der Waals surface area (Å²) in [5.41, 5.74) is 1.60. The van der Waals surface area contributed by atoms with Gasteiger partial charge in [-0.15, -0.1) is 0 Å². The van der Waals surface area contributed by atoms with E-state index >= 15 is 0 Å².